The van der Waals surface area contributed by atoms with E-state index in [0.29, 0.717) is 56.8 Å². The summed E-state index contributed by atoms with van der Waals surface area (Å²) in [5, 5.41) is 25.2. The number of Topliss-reactive ketones (excluding diaryl/α,β-unsaturated/α-hetero) is 1. The van der Waals surface area contributed by atoms with Crippen LogP contribution in [0.2, 0.25) is 0 Å². The number of carboxylic acids is 1. The molecule has 7 rings (SSSR count). The third-order valence-corrected chi connectivity index (χ3v) is 17.3. The predicted molar refractivity (Wildman–Crippen MR) is 284 cm³/mol. The molecule has 4 saturated heterocycles. The van der Waals surface area contributed by atoms with Gasteiger partial charge in [0, 0.05) is 64.4 Å². The Bertz CT molecular complexity index is 2510. The van der Waals surface area contributed by atoms with Crippen LogP contribution < -0.4 is 15.5 Å². The lowest BCUT2D eigenvalue weighted by Gasteiger charge is -2.50. The average Bonchev–Trinajstić information content (AvgIpc) is 3.72. The smallest absolute Gasteiger partial charge is 0.492 e. The number of nitrogens with zero attached hydrogens (tertiary/aromatic N) is 2. The second kappa shape index (κ2) is 25.2. The molecule has 5 aliphatic rings. The molecule has 21 nitrogen and oxygen atoms in total. The van der Waals surface area contributed by atoms with E-state index in [1.807, 2.05) is 64.2 Å². The lowest BCUT2D eigenvalue weighted by molar-refractivity contribution is -0.322. The maximum absolute atomic E-state index is 14.8. The second-order valence-electron chi connectivity index (χ2n) is 23.3. The molecule has 3 N–H and O–H groups in total. The number of nitrogens with one attached hydrogen (secondary N) is 1. The number of carboxylic acid groups (broad SMARTS) is 1. The number of methoxy groups -OCH3 is 2. The molecule has 6 heterocycles. The molecule has 0 radical (unpaired) electrons. The van der Waals surface area contributed by atoms with Crippen molar-refractivity contribution in [1.29, 1.82) is 0 Å². The van der Waals surface area contributed by atoms with Crippen molar-refractivity contribution in [2.45, 2.75) is 205 Å². The third kappa shape index (κ3) is 12.7. The van der Waals surface area contributed by atoms with Gasteiger partial charge in [-0.25, -0.2) is 9.59 Å². The van der Waals surface area contributed by atoms with Gasteiger partial charge >= 0.3 is 18.1 Å². The first-order valence-electron chi connectivity index (χ1n) is 27.9. The van der Waals surface area contributed by atoms with Gasteiger partial charge in [-0.3, -0.25) is 14.4 Å². The van der Waals surface area contributed by atoms with Crippen LogP contribution in [0, 0.1) is 23.7 Å². The van der Waals surface area contributed by atoms with E-state index in [1.165, 1.54) is 13.3 Å². The number of carbonyl (C=O) groups excluding carboxylic acids is 3. The molecule has 438 valence electrons. The van der Waals surface area contributed by atoms with E-state index in [1.54, 1.807) is 47.8 Å². The summed E-state index contributed by atoms with van der Waals surface area (Å²) >= 11 is 0. The number of ether oxygens (including phenoxy) is 11. The molecule has 0 saturated carbocycles. The van der Waals surface area contributed by atoms with Gasteiger partial charge < -0.3 is 77.1 Å². The number of hydrogen-bond donors (Lipinski definition) is 3. The van der Waals surface area contributed by atoms with Crippen molar-refractivity contribution < 1.29 is 81.5 Å². The van der Waals surface area contributed by atoms with Crippen molar-refractivity contribution in [3.8, 4) is 5.75 Å². The number of aliphatic hydroxyl groups is 1. The van der Waals surface area contributed by atoms with E-state index >= 15 is 0 Å². The number of fused-ring (bicyclic) bond motifs is 1. The van der Waals surface area contributed by atoms with Crippen molar-refractivity contribution in [3.05, 3.63) is 39.7 Å². The lowest BCUT2D eigenvalue weighted by Crippen LogP contribution is -2.61. The highest BCUT2D eigenvalue weighted by Crippen LogP contribution is 2.44. The number of hydrogen-bond acceptors (Lipinski definition) is 19. The molecular weight excluding hydrogens is 1010 g/mol. The first-order valence-corrected chi connectivity index (χ1v) is 27.9. The van der Waals surface area contributed by atoms with Crippen LogP contribution in [-0.2, 0) is 69.9 Å². The minimum atomic E-state index is -1.51. The number of benzene rings is 1. The van der Waals surface area contributed by atoms with Crippen molar-refractivity contribution in [2.24, 2.45) is 23.7 Å². The van der Waals surface area contributed by atoms with Gasteiger partial charge in [-0.1, -0.05) is 27.7 Å². The standard InChI is InChI=1S/C57H87N3O18/c1-15-41-57(10)49(77-54(67)78-57)32(4)44(61)30(2)27-55(8,68-13)48(76-53-46(63)40(59(11)12)24-31(3)72-53)33(5)47(34(6)52(66)74-41)75-42-28-56(9,69-14)50(35(7)73-42)71-22-17-19-58-20-23-70-37-25-36-18-16-21-60-29-39(51(64)65)45(62)38(26-37)43(36)60/h25-26,29-35,40-42,46-50,53,58,63H,15-24,27-28H2,1-14H3,(H,64,65)/t30-,31+,32+,33+,34-,35+,40-,41-,42+,46+,47+,48-,49-,50+,53-,55-,56-,57-/m1/s1. The first-order chi connectivity index (χ1) is 36.8. The number of carbonyl (C=O) groups is 4. The minimum Gasteiger partial charge on any atom is -0.492 e. The Morgan fingerprint density at radius 1 is 0.897 bits per heavy atom. The number of rotatable bonds is 18. The van der Waals surface area contributed by atoms with E-state index in [-0.39, 0.29) is 42.8 Å². The molecule has 0 aliphatic carbocycles. The summed E-state index contributed by atoms with van der Waals surface area (Å²) in [6.07, 6.45) is -4.88. The van der Waals surface area contributed by atoms with Crippen LogP contribution in [0.25, 0.3) is 10.9 Å². The molecule has 0 spiro atoms. The average molecular weight is 1100 g/mol. The fourth-order valence-corrected chi connectivity index (χ4v) is 12.9. The number of aryl methyl sites for hydroxylation is 2. The zero-order chi connectivity index (χ0) is 57.2. The number of aromatic carboxylic acids is 1. The summed E-state index contributed by atoms with van der Waals surface area (Å²) in [6.45, 7) is 20.5. The number of cyclic esters (lactones) is 1. The Morgan fingerprint density at radius 3 is 2.27 bits per heavy atom. The van der Waals surface area contributed by atoms with Crippen molar-refractivity contribution >= 4 is 34.8 Å². The highest BCUT2D eigenvalue weighted by Gasteiger charge is 2.60. The van der Waals surface area contributed by atoms with Gasteiger partial charge in [-0.05, 0) is 118 Å². The maximum atomic E-state index is 14.8. The van der Waals surface area contributed by atoms with Crippen LogP contribution in [0.4, 0.5) is 4.79 Å². The van der Waals surface area contributed by atoms with Gasteiger partial charge in [0.1, 0.15) is 42.0 Å². The fourth-order valence-electron chi connectivity index (χ4n) is 12.9. The Balaban J connectivity index is 1.07. The van der Waals surface area contributed by atoms with E-state index in [2.05, 4.69) is 5.32 Å². The van der Waals surface area contributed by atoms with Crippen LogP contribution in [0.15, 0.2) is 23.1 Å². The Hall–Kier alpha value is -4.29. The molecular formula is C57H87N3O18. The van der Waals surface area contributed by atoms with Crippen LogP contribution in [0.5, 0.6) is 5.75 Å². The third-order valence-electron chi connectivity index (χ3n) is 17.3. The molecule has 21 heteroatoms. The molecule has 4 fully saturated rings. The van der Waals surface area contributed by atoms with Crippen LogP contribution in [0.1, 0.15) is 124 Å². The molecule has 5 aliphatic heterocycles. The van der Waals surface area contributed by atoms with Gasteiger partial charge in [-0.15, -0.1) is 0 Å². The number of aliphatic hydroxyl groups excluding tert-OH is 1. The van der Waals surface area contributed by atoms with E-state index < -0.39 is 119 Å². The lowest BCUT2D eigenvalue weighted by atomic mass is 9.74. The van der Waals surface area contributed by atoms with Crippen LogP contribution in [-0.4, -0.2) is 182 Å². The number of esters is 1. The highest BCUT2D eigenvalue weighted by atomic mass is 16.8. The molecule has 2 aromatic rings. The maximum Gasteiger partial charge on any atom is 0.509 e. The Labute approximate surface area is 458 Å². The second-order valence-corrected chi connectivity index (χ2v) is 23.3. The van der Waals surface area contributed by atoms with E-state index in [9.17, 15) is 34.2 Å². The molecule has 18 atom stereocenters. The summed E-state index contributed by atoms with van der Waals surface area (Å²) in [5.41, 5.74) is -2.78. The summed E-state index contributed by atoms with van der Waals surface area (Å²) < 4.78 is 72.0. The zero-order valence-corrected chi connectivity index (χ0v) is 48.2. The van der Waals surface area contributed by atoms with Crippen molar-refractivity contribution in [1.82, 2.24) is 14.8 Å². The van der Waals surface area contributed by atoms with Gasteiger partial charge in [0.15, 0.2) is 24.3 Å². The molecule has 0 bridgehead atoms. The largest absolute Gasteiger partial charge is 0.509 e. The topological polar surface area (TPSA) is 248 Å². The minimum absolute atomic E-state index is 0.119. The fraction of sp³-hybridized carbons (Fsp3) is 0.772. The Kier molecular flexibility index (Phi) is 19.8. The predicted octanol–water partition coefficient (Wildman–Crippen LogP) is 5.66. The van der Waals surface area contributed by atoms with Crippen molar-refractivity contribution in [2.75, 3.05) is 54.6 Å². The molecule has 1 aromatic carbocycles. The number of aromatic nitrogens is 1. The highest BCUT2D eigenvalue weighted by molar-refractivity contribution is 5.94. The molecule has 78 heavy (non-hydrogen) atoms. The van der Waals surface area contributed by atoms with Crippen molar-refractivity contribution in [3.63, 3.8) is 0 Å². The summed E-state index contributed by atoms with van der Waals surface area (Å²) in [5.74, 6) is -4.93. The van der Waals surface area contributed by atoms with E-state index in [4.69, 9.17) is 52.1 Å². The zero-order valence-electron chi connectivity index (χ0n) is 48.2. The van der Waals surface area contributed by atoms with Gasteiger partial charge in [-0.2, -0.15) is 0 Å². The first kappa shape index (κ1) is 61.3. The van der Waals surface area contributed by atoms with Crippen LogP contribution >= 0.6 is 0 Å². The molecule has 0 amide bonds. The normalized spacial score (nSPS) is 37.8. The Morgan fingerprint density at radius 2 is 1.60 bits per heavy atom. The number of likely N-dealkylation sites (N-methyl/N-ethyl adjacent to an activating group) is 1. The number of pyridine rings is 1. The van der Waals surface area contributed by atoms with Crippen LogP contribution in [0.3, 0.4) is 0 Å². The van der Waals surface area contributed by atoms with Gasteiger partial charge in [0.25, 0.3) is 0 Å². The van der Waals surface area contributed by atoms with Gasteiger partial charge in [0.05, 0.1) is 58.4 Å². The summed E-state index contributed by atoms with van der Waals surface area (Å²) in [6, 6.07) is 3.25. The monoisotopic (exact) mass is 1100 g/mol. The van der Waals surface area contributed by atoms with Gasteiger partial charge in [0.2, 0.25) is 5.43 Å². The summed E-state index contributed by atoms with van der Waals surface area (Å²) in [4.78, 5) is 69.1. The molecule has 1 aromatic heterocycles. The quantitative estimate of drug-likeness (QED) is 0.120. The summed E-state index contributed by atoms with van der Waals surface area (Å²) in [7, 11) is 6.91. The SMILES string of the molecule is CC[C@H]1OC(=O)[C@H](C)[C@@H](O[C@H]2C[C@@](C)(OC)[C@@H](OCCCNCCOc3cc4c5c(c3)c(=O)c(C(=O)O)cn5CCC4)[C@H](C)O2)[C@H](C)[C@@H](O[C@H]2O[C@@H](C)C[C@@H](N(C)C)[C@@H]2O)[C@](C)(OC)C[C@@H](C)C(=O)[C@H](C)[C@H]2OC(=O)O[C@@]21C. The van der Waals surface area contributed by atoms with E-state index in [0.717, 1.165) is 23.9 Å². The number of ketones is 1. The molecule has 0 unspecified atom stereocenters.